The molecular weight excluding hydrogens is 869 g/mol. The Bertz CT molecular complexity index is 4380. The predicted octanol–water partition coefficient (Wildman–Crippen LogP) is 19.5. The quantitative estimate of drug-likeness (QED) is 0.138. The van der Waals surface area contributed by atoms with E-state index >= 15 is 0 Å². The van der Waals surface area contributed by atoms with Crippen molar-refractivity contribution in [2.45, 2.75) is 0 Å². The van der Waals surface area contributed by atoms with E-state index in [2.05, 4.69) is 289 Å². The molecule has 72 heavy (non-hydrogen) atoms. The lowest BCUT2D eigenvalue weighted by Crippen LogP contribution is -2.10. The van der Waals surface area contributed by atoms with E-state index < -0.39 is 0 Å². The van der Waals surface area contributed by atoms with Gasteiger partial charge >= 0.3 is 0 Å². The second-order valence-electron chi connectivity index (χ2n) is 18.8. The molecular formula is C70H46N2. The van der Waals surface area contributed by atoms with Crippen LogP contribution in [0.3, 0.4) is 0 Å². The van der Waals surface area contributed by atoms with Crippen molar-refractivity contribution in [2.24, 2.45) is 0 Å². The highest BCUT2D eigenvalue weighted by molar-refractivity contribution is 6.22. The van der Waals surface area contributed by atoms with E-state index in [0.29, 0.717) is 0 Å². The van der Waals surface area contributed by atoms with Crippen molar-refractivity contribution in [2.75, 3.05) is 4.90 Å². The number of fused-ring (bicyclic) bond motifs is 9. The van der Waals surface area contributed by atoms with Crippen LogP contribution in [0.4, 0.5) is 17.1 Å². The molecule has 14 rings (SSSR count). The van der Waals surface area contributed by atoms with Crippen LogP contribution < -0.4 is 4.90 Å². The third kappa shape index (κ3) is 6.88. The molecule has 0 N–H and O–H groups in total. The molecule has 2 nitrogen and oxygen atoms in total. The Labute approximate surface area is 418 Å². The first kappa shape index (κ1) is 41.5. The average Bonchev–Trinajstić information content (AvgIpc) is 3.80. The van der Waals surface area contributed by atoms with Crippen LogP contribution in [-0.4, -0.2) is 4.57 Å². The number of hydrogen-bond donors (Lipinski definition) is 0. The van der Waals surface area contributed by atoms with E-state index in [1.807, 2.05) is 0 Å². The van der Waals surface area contributed by atoms with Crippen molar-refractivity contribution in [3.05, 3.63) is 279 Å². The maximum atomic E-state index is 2.44. The molecule has 0 atom stereocenters. The van der Waals surface area contributed by atoms with Gasteiger partial charge < -0.3 is 9.47 Å². The molecule has 336 valence electrons. The number of nitrogens with zero attached hydrogens (tertiary/aromatic N) is 2. The SMILES string of the molecule is c1ccc(-c2c(-c3ccccc3)c3cc(-c4cccc(N(c5cccc(-c6cccc7c8ccccc8n(-c8ccccc8)c67)c5)c5ccc6c(ccc7ccccc76)c5)c4)ccc3c3ccccc23)cc1. The molecule has 14 aromatic rings. The van der Waals surface area contributed by atoms with Crippen molar-refractivity contribution in [1.82, 2.24) is 4.57 Å². The van der Waals surface area contributed by atoms with Gasteiger partial charge in [-0.25, -0.2) is 0 Å². The normalized spacial score (nSPS) is 11.6. The van der Waals surface area contributed by atoms with Crippen LogP contribution in [0.25, 0.3) is 115 Å². The van der Waals surface area contributed by atoms with Crippen molar-refractivity contribution < 1.29 is 0 Å². The molecule has 0 saturated heterocycles. The lowest BCUT2D eigenvalue weighted by Gasteiger charge is -2.27. The maximum Gasteiger partial charge on any atom is 0.0619 e. The van der Waals surface area contributed by atoms with E-state index in [1.54, 1.807) is 0 Å². The van der Waals surface area contributed by atoms with Gasteiger partial charge in [-0.2, -0.15) is 0 Å². The largest absolute Gasteiger partial charge is 0.310 e. The van der Waals surface area contributed by atoms with E-state index in [-0.39, 0.29) is 0 Å². The van der Waals surface area contributed by atoms with Crippen LogP contribution in [0.5, 0.6) is 0 Å². The monoisotopic (exact) mass is 914 g/mol. The van der Waals surface area contributed by atoms with Crippen LogP contribution in [-0.2, 0) is 0 Å². The van der Waals surface area contributed by atoms with Gasteiger partial charge in [0, 0.05) is 39.1 Å². The van der Waals surface area contributed by atoms with Crippen molar-refractivity contribution >= 4 is 82.0 Å². The first-order valence-corrected chi connectivity index (χ1v) is 24.8. The molecule has 1 heterocycles. The second kappa shape index (κ2) is 17.2. The molecule has 0 aliphatic heterocycles. The molecule has 0 fully saturated rings. The minimum atomic E-state index is 1.08. The molecule has 0 radical (unpaired) electrons. The Balaban J connectivity index is 0.976. The summed E-state index contributed by atoms with van der Waals surface area (Å²) < 4.78 is 2.43. The minimum absolute atomic E-state index is 1.08. The Morgan fingerprint density at radius 2 is 0.750 bits per heavy atom. The summed E-state index contributed by atoms with van der Waals surface area (Å²) in [4.78, 5) is 2.44. The standard InChI is InChI=1S/C70H46N2/c1-4-20-48(21-5-1)68-64-33-13-12-31-61(64)62-41-39-51(46-66(62)69(68)49-22-6-2-7-23-49)50-24-16-28-55(43-50)71(57-40-42-59-53(45-57)38-37-47-19-10-11-30-58(47)59)56-29-17-25-52(44-56)60-34-18-35-65-63-32-14-15-36-67(63)72(70(60)65)54-26-8-3-9-27-54/h1-46H. The molecule has 0 unspecified atom stereocenters. The van der Waals surface area contributed by atoms with Crippen molar-refractivity contribution in [3.8, 4) is 50.2 Å². The minimum Gasteiger partial charge on any atom is -0.310 e. The Kier molecular flexibility index (Phi) is 9.89. The highest BCUT2D eigenvalue weighted by Crippen LogP contribution is 2.47. The summed E-state index contributed by atoms with van der Waals surface area (Å²) in [6.07, 6.45) is 0. The maximum absolute atomic E-state index is 2.44. The van der Waals surface area contributed by atoms with Crippen LogP contribution in [0, 0.1) is 0 Å². The van der Waals surface area contributed by atoms with Gasteiger partial charge in [0.25, 0.3) is 0 Å². The van der Waals surface area contributed by atoms with Gasteiger partial charge in [-0.1, -0.05) is 218 Å². The number of hydrogen-bond acceptors (Lipinski definition) is 1. The third-order valence-electron chi connectivity index (χ3n) is 14.7. The average molecular weight is 915 g/mol. The first-order valence-electron chi connectivity index (χ1n) is 24.8. The Hall–Kier alpha value is -9.50. The van der Waals surface area contributed by atoms with Gasteiger partial charge in [-0.3, -0.25) is 0 Å². The van der Waals surface area contributed by atoms with Crippen LogP contribution in [0.1, 0.15) is 0 Å². The summed E-state index contributed by atoms with van der Waals surface area (Å²) in [5.41, 5.74) is 16.3. The van der Waals surface area contributed by atoms with E-state index in [1.165, 1.54) is 92.7 Å². The Morgan fingerprint density at radius 1 is 0.250 bits per heavy atom. The highest BCUT2D eigenvalue weighted by Gasteiger charge is 2.21. The fraction of sp³-hybridized carbons (Fsp3) is 0. The fourth-order valence-electron chi connectivity index (χ4n) is 11.5. The first-order chi connectivity index (χ1) is 35.7. The lowest BCUT2D eigenvalue weighted by molar-refractivity contribution is 1.18. The molecule has 0 bridgehead atoms. The summed E-state index contributed by atoms with van der Waals surface area (Å²) in [5.74, 6) is 0. The number of rotatable bonds is 8. The van der Waals surface area contributed by atoms with E-state index in [0.717, 1.165) is 39.4 Å². The molecule has 0 aliphatic carbocycles. The van der Waals surface area contributed by atoms with Gasteiger partial charge in [-0.05, 0) is 143 Å². The lowest BCUT2D eigenvalue weighted by atomic mass is 9.84. The molecule has 1 aromatic heterocycles. The molecule has 0 spiro atoms. The predicted molar refractivity (Wildman–Crippen MR) is 307 cm³/mol. The number of para-hydroxylation sites is 3. The van der Waals surface area contributed by atoms with Crippen LogP contribution in [0.2, 0.25) is 0 Å². The molecule has 0 amide bonds. The second-order valence-corrected chi connectivity index (χ2v) is 18.8. The van der Waals surface area contributed by atoms with Crippen LogP contribution in [0.15, 0.2) is 279 Å². The molecule has 2 heteroatoms. The van der Waals surface area contributed by atoms with Gasteiger partial charge in [0.15, 0.2) is 0 Å². The fourth-order valence-corrected chi connectivity index (χ4v) is 11.5. The summed E-state index contributed by atoms with van der Waals surface area (Å²) >= 11 is 0. The van der Waals surface area contributed by atoms with Gasteiger partial charge in [0.2, 0.25) is 0 Å². The van der Waals surface area contributed by atoms with Gasteiger partial charge in [0.1, 0.15) is 0 Å². The Morgan fingerprint density at radius 3 is 1.51 bits per heavy atom. The van der Waals surface area contributed by atoms with Crippen LogP contribution >= 0.6 is 0 Å². The van der Waals surface area contributed by atoms with Gasteiger partial charge in [0.05, 0.1) is 11.0 Å². The van der Waals surface area contributed by atoms with Crippen molar-refractivity contribution in [3.63, 3.8) is 0 Å². The van der Waals surface area contributed by atoms with E-state index in [9.17, 15) is 0 Å². The smallest absolute Gasteiger partial charge is 0.0619 e. The summed E-state index contributed by atoms with van der Waals surface area (Å²) in [6, 6.07) is 102. The summed E-state index contributed by atoms with van der Waals surface area (Å²) in [7, 11) is 0. The zero-order chi connectivity index (χ0) is 47.5. The zero-order valence-electron chi connectivity index (χ0n) is 39.5. The molecule has 13 aromatic carbocycles. The van der Waals surface area contributed by atoms with Gasteiger partial charge in [-0.15, -0.1) is 0 Å². The topological polar surface area (TPSA) is 8.17 Å². The molecule has 0 aliphatic rings. The van der Waals surface area contributed by atoms with Crippen molar-refractivity contribution in [1.29, 1.82) is 0 Å². The van der Waals surface area contributed by atoms with E-state index in [4.69, 9.17) is 0 Å². The highest BCUT2D eigenvalue weighted by atomic mass is 15.1. The third-order valence-corrected chi connectivity index (χ3v) is 14.7. The zero-order valence-corrected chi connectivity index (χ0v) is 39.5. The number of anilines is 3. The number of benzene rings is 13. The summed E-state index contributed by atoms with van der Waals surface area (Å²) in [5, 5.41) is 12.4. The number of aromatic nitrogens is 1. The molecule has 0 saturated carbocycles. The summed E-state index contributed by atoms with van der Waals surface area (Å²) in [6.45, 7) is 0.